The molecule has 32 heavy (non-hydrogen) atoms. The van der Waals surface area contributed by atoms with Gasteiger partial charge < -0.3 is 19.3 Å². The van der Waals surface area contributed by atoms with Gasteiger partial charge in [0.05, 0.1) is 29.3 Å². The molecular weight excluding hydrogens is 451 g/mol. The first-order chi connectivity index (χ1) is 15.6. The van der Waals surface area contributed by atoms with Gasteiger partial charge in [0, 0.05) is 24.6 Å². The molecule has 0 atom stereocenters. The molecule has 1 aliphatic carbocycles. The quantitative estimate of drug-likeness (QED) is 0.273. The highest BCUT2D eigenvalue weighted by Crippen LogP contribution is 2.48. The van der Waals surface area contributed by atoms with Gasteiger partial charge in [0.1, 0.15) is 11.4 Å². The number of hydrogen-bond donors (Lipinski definition) is 1. The van der Waals surface area contributed by atoms with Crippen molar-refractivity contribution in [2.75, 3.05) is 25.6 Å². The van der Waals surface area contributed by atoms with Gasteiger partial charge in [-0.2, -0.15) is 0 Å². The number of aromatic nitrogens is 1. The van der Waals surface area contributed by atoms with E-state index in [-0.39, 0.29) is 5.97 Å². The number of benzene rings is 2. The van der Waals surface area contributed by atoms with Crippen LogP contribution in [0.3, 0.4) is 0 Å². The molecule has 0 aliphatic heterocycles. The molecule has 0 unspecified atom stereocenters. The molecule has 1 N–H and O–H groups in total. The summed E-state index contributed by atoms with van der Waals surface area (Å²) in [5.74, 6) is 0.909. The fourth-order valence-corrected chi connectivity index (χ4v) is 4.00. The van der Waals surface area contributed by atoms with Crippen LogP contribution in [0.15, 0.2) is 47.0 Å². The highest BCUT2D eigenvalue weighted by Gasteiger charge is 2.33. The SMILES string of the molecule is COC(=O)c1ccc(COCCCNc2c(-c3c(Cl)cccc3Cl)noc2C2CC2)cc1. The number of esters is 1. The molecule has 8 heteroatoms. The summed E-state index contributed by atoms with van der Waals surface area (Å²) in [6.07, 6.45) is 2.99. The lowest BCUT2D eigenvalue weighted by molar-refractivity contribution is 0.0600. The van der Waals surface area contributed by atoms with Gasteiger partial charge in [-0.05, 0) is 49.1 Å². The molecule has 1 saturated carbocycles. The second-order valence-electron chi connectivity index (χ2n) is 7.66. The molecule has 0 saturated heterocycles. The van der Waals surface area contributed by atoms with Crippen LogP contribution >= 0.6 is 23.2 Å². The third-order valence-corrected chi connectivity index (χ3v) is 5.91. The van der Waals surface area contributed by atoms with Crippen molar-refractivity contribution in [2.24, 2.45) is 0 Å². The number of halogens is 2. The van der Waals surface area contributed by atoms with Crippen molar-refractivity contribution in [3.05, 3.63) is 69.4 Å². The number of anilines is 1. The Balaban J connectivity index is 1.31. The third-order valence-electron chi connectivity index (χ3n) is 5.28. The number of nitrogens with one attached hydrogen (secondary N) is 1. The van der Waals surface area contributed by atoms with Crippen LogP contribution in [0.25, 0.3) is 11.3 Å². The maximum atomic E-state index is 11.5. The molecule has 2 aromatic carbocycles. The standard InChI is InChI=1S/C24H24Cl2N2O4/c1-30-24(29)17-8-6-15(7-9-17)14-31-13-3-12-27-22-21(28-32-23(22)16-10-11-16)20-18(25)4-2-5-19(20)26/h2,4-9,16,27H,3,10-14H2,1H3. The summed E-state index contributed by atoms with van der Waals surface area (Å²) in [5, 5.41) is 8.81. The molecule has 168 valence electrons. The predicted octanol–water partition coefficient (Wildman–Crippen LogP) is 6.33. The van der Waals surface area contributed by atoms with Crippen LogP contribution in [0.5, 0.6) is 0 Å². The van der Waals surface area contributed by atoms with Crippen molar-refractivity contribution in [1.29, 1.82) is 0 Å². The van der Waals surface area contributed by atoms with E-state index >= 15 is 0 Å². The van der Waals surface area contributed by atoms with Crippen molar-refractivity contribution in [1.82, 2.24) is 5.16 Å². The van der Waals surface area contributed by atoms with E-state index in [1.165, 1.54) is 7.11 Å². The normalized spacial score (nSPS) is 13.2. The average molecular weight is 475 g/mol. The molecule has 0 radical (unpaired) electrons. The number of rotatable bonds is 10. The van der Waals surface area contributed by atoms with Crippen LogP contribution in [0.4, 0.5) is 5.69 Å². The van der Waals surface area contributed by atoms with Crippen LogP contribution < -0.4 is 5.32 Å². The van der Waals surface area contributed by atoms with Gasteiger partial charge in [-0.15, -0.1) is 0 Å². The van der Waals surface area contributed by atoms with Gasteiger partial charge in [0.2, 0.25) is 0 Å². The summed E-state index contributed by atoms with van der Waals surface area (Å²) in [6, 6.07) is 12.6. The Morgan fingerprint density at radius 3 is 2.53 bits per heavy atom. The van der Waals surface area contributed by atoms with Crippen LogP contribution in [0.1, 0.15) is 46.9 Å². The maximum Gasteiger partial charge on any atom is 0.337 e. The van der Waals surface area contributed by atoms with Crippen LogP contribution in [0, 0.1) is 0 Å². The molecule has 0 amide bonds. The number of nitrogens with zero attached hydrogens (tertiary/aromatic N) is 1. The van der Waals surface area contributed by atoms with E-state index in [0.29, 0.717) is 52.5 Å². The molecular formula is C24H24Cl2N2O4. The Labute approximate surface area is 196 Å². The van der Waals surface area contributed by atoms with Crippen LogP contribution in [-0.2, 0) is 16.1 Å². The topological polar surface area (TPSA) is 73.6 Å². The average Bonchev–Trinajstić information content (AvgIpc) is 3.57. The van der Waals surface area contributed by atoms with Gasteiger partial charge >= 0.3 is 5.97 Å². The summed E-state index contributed by atoms with van der Waals surface area (Å²) < 4.78 is 16.1. The molecule has 1 aliphatic rings. The third kappa shape index (κ3) is 5.26. The van der Waals surface area contributed by atoms with Crippen molar-refractivity contribution in [3.8, 4) is 11.3 Å². The van der Waals surface area contributed by atoms with Crippen molar-refractivity contribution < 1.29 is 18.8 Å². The van der Waals surface area contributed by atoms with Crippen molar-refractivity contribution >= 4 is 34.9 Å². The molecule has 4 rings (SSSR count). The lowest BCUT2D eigenvalue weighted by atomic mass is 10.1. The number of methoxy groups -OCH3 is 1. The number of hydrogen-bond acceptors (Lipinski definition) is 6. The molecule has 3 aromatic rings. The van der Waals surface area contributed by atoms with E-state index in [1.807, 2.05) is 18.2 Å². The van der Waals surface area contributed by atoms with Gasteiger partial charge in [-0.25, -0.2) is 4.79 Å². The minimum atomic E-state index is -0.347. The smallest absolute Gasteiger partial charge is 0.337 e. The highest BCUT2D eigenvalue weighted by atomic mass is 35.5. The first kappa shape index (κ1) is 22.6. The fourth-order valence-electron chi connectivity index (χ4n) is 3.43. The highest BCUT2D eigenvalue weighted by molar-refractivity contribution is 6.39. The van der Waals surface area contributed by atoms with Crippen LogP contribution in [0.2, 0.25) is 10.0 Å². The Morgan fingerprint density at radius 1 is 1.16 bits per heavy atom. The minimum absolute atomic E-state index is 0.347. The molecule has 1 fully saturated rings. The fraction of sp³-hybridized carbons (Fsp3) is 0.333. The van der Waals surface area contributed by atoms with E-state index in [9.17, 15) is 4.79 Å². The van der Waals surface area contributed by atoms with E-state index in [4.69, 9.17) is 37.2 Å². The molecule has 0 bridgehead atoms. The molecule has 1 heterocycles. The molecule has 1 aromatic heterocycles. The van der Waals surface area contributed by atoms with E-state index in [0.717, 1.165) is 36.3 Å². The first-order valence-corrected chi connectivity index (χ1v) is 11.3. The summed E-state index contributed by atoms with van der Waals surface area (Å²) in [7, 11) is 1.37. The Bertz CT molecular complexity index is 1060. The maximum absolute atomic E-state index is 11.5. The zero-order valence-electron chi connectivity index (χ0n) is 17.7. The predicted molar refractivity (Wildman–Crippen MR) is 124 cm³/mol. The van der Waals surface area contributed by atoms with Crippen LogP contribution in [-0.4, -0.2) is 31.4 Å². The second-order valence-corrected chi connectivity index (χ2v) is 8.48. The number of carbonyl (C=O) groups is 1. The molecule has 6 nitrogen and oxygen atoms in total. The molecule has 0 spiro atoms. The van der Waals surface area contributed by atoms with Gasteiger partial charge in [0.15, 0.2) is 5.76 Å². The zero-order valence-corrected chi connectivity index (χ0v) is 19.2. The minimum Gasteiger partial charge on any atom is -0.465 e. The largest absolute Gasteiger partial charge is 0.465 e. The summed E-state index contributed by atoms with van der Waals surface area (Å²) >= 11 is 12.8. The van der Waals surface area contributed by atoms with Crippen molar-refractivity contribution in [2.45, 2.75) is 31.8 Å². The lowest BCUT2D eigenvalue weighted by Gasteiger charge is -2.10. The number of ether oxygens (including phenoxy) is 2. The zero-order chi connectivity index (χ0) is 22.5. The summed E-state index contributed by atoms with van der Waals surface area (Å²) in [6.45, 7) is 1.75. The second kappa shape index (κ2) is 10.4. The lowest BCUT2D eigenvalue weighted by Crippen LogP contribution is -2.07. The number of carbonyl (C=O) groups excluding carboxylic acids is 1. The monoisotopic (exact) mass is 474 g/mol. The Hall–Kier alpha value is -2.54. The van der Waals surface area contributed by atoms with Gasteiger partial charge in [-0.1, -0.05) is 46.6 Å². The van der Waals surface area contributed by atoms with E-state index in [2.05, 4.69) is 10.5 Å². The van der Waals surface area contributed by atoms with Gasteiger partial charge in [0.25, 0.3) is 0 Å². The Morgan fingerprint density at radius 2 is 1.88 bits per heavy atom. The summed E-state index contributed by atoms with van der Waals surface area (Å²) in [4.78, 5) is 11.5. The Kier molecular flexibility index (Phi) is 7.35. The first-order valence-electron chi connectivity index (χ1n) is 10.5. The van der Waals surface area contributed by atoms with E-state index < -0.39 is 0 Å². The van der Waals surface area contributed by atoms with Crippen molar-refractivity contribution in [3.63, 3.8) is 0 Å². The van der Waals surface area contributed by atoms with E-state index in [1.54, 1.807) is 24.3 Å². The summed E-state index contributed by atoms with van der Waals surface area (Å²) in [5.41, 5.74) is 3.71. The van der Waals surface area contributed by atoms with Gasteiger partial charge in [-0.3, -0.25) is 0 Å².